The molecule has 98 valence electrons. The predicted molar refractivity (Wildman–Crippen MR) is 66.7 cm³/mol. The minimum Gasteiger partial charge on any atom is -0.491 e. The fraction of sp³-hybridized carbons (Fsp3) is 0.500. The maximum atomic E-state index is 10.5. The third-order valence-electron chi connectivity index (χ3n) is 3.32. The van der Waals surface area contributed by atoms with Crippen molar-refractivity contribution in [2.75, 3.05) is 6.61 Å². The molecular formula is C14H18O4. The van der Waals surface area contributed by atoms with Crippen LogP contribution in [-0.2, 0) is 11.2 Å². The molecule has 1 fully saturated rings. The van der Waals surface area contributed by atoms with E-state index in [1.165, 1.54) is 0 Å². The molecule has 0 aliphatic heterocycles. The number of aliphatic hydroxyl groups is 1. The first-order valence-electron chi connectivity index (χ1n) is 6.23. The average molecular weight is 250 g/mol. The number of hydrogen-bond acceptors (Lipinski definition) is 3. The van der Waals surface area contributed by atoms with Gasteiger partial charge in [-0.15, -0.1) is 0 Å². The maximum absolute atomic E-state index is 10.5. The molecule has 0 saturated heterocycles. The smallest absolute Gasteiger partial charge is 0.307 e. The lowest BCUT2D eigenvalue weighted by atomic mass is 10.0. The van der Waals surface area contributed by atoms with Gasteiger partial charge in [0.05, 0.1) is 12.0 Å². The number of hydrogen-bond donors (Lipinski definition) is 2. The normalized spacial score (nSPS) is 17.6. The number of aliphatic carboxylic acids is 1. The first-order chi connectivity index (χ1) is 8.57. The van der Waals surface area contributed by atoms with Crippen LogP contribution in [0.1, 0.15) is 31.2 Å². The van der Waals surface area contributed by atoms with Crippen LogP contribution < -0.4 is 4.74 Å². The molecule has 0 radical (unpaired) electrons. The zero-order valence-electron chi connectivity index (χ0n) is 10.3. The molecule has 0 unspecified atom stereocenters. The first-order valence-corrected chi connectivity index (χ1v) is 6.23. The average Bonchev–Trinajstić information content (AvgIpc) is 2.75. The highest BCUT2D eigenvalue weighted by Crippen LogP contribution is 2.30. The monoisotopic (exact) mass is 250 g/mol. The molecule has 2 rings (SSSR count). The van der Waals surface area contributed by atoms with Crippen LogP contribution in [0, 0.1) is 0 Å². The van der Waals surface area contributed by atoms with E-state index in [0.717, 1.165) is 31.2 Å². The van der Waals surface area contributed by atoms with E-state index in [4.69, 9.17) is 9.84 Å². The minimum absolute atomic E-state index is 0.0181. The van der Waals surface area contributed by atoms with Crippen LogP contribution in [-0.4, -0.2) is 28.4 Å². The molecule has 0 atom stereocenters. The van der Waals surface area contributed by atoms with Gasteiger partial charge in [-0.1, -0.05) is 25.0 Å². The van der Waals surface area contributed by atoms with Gasteiger partial charge in [0, 0.05) is 0 Å². The summed E-state index contributed by atoms with van der Waals surface area (Å²) in [5.74, 6) is -0.173. The topological polar surface area (TPSA) is 66.8 Å². The summed E-state index contributed by atoms with van der Waals surface area (Å²) in [5.41, 5.74) is 0.0640. The molecule has 0 spiro atoms. The Labute approximate surface area is 106 Å². The molecule has 1 saturated carbocycles. The highest BCUT2D eigenvalue weighted by molar-refractivity contribution is 5.70. The van der Waals surface area contributed by atoms with Gasteiger partial charge < -0.3 is 14.9 Å². The summed E-state index contributed by atoms with van der Waals surface area (Å²) in [5, 5.41) is 18.8. The molecule has 4 nitrogen and oxygen atoms in total. The lowest BCUT2D eigenvalue weighted by Gasteiger charge is -2.22. The van der Waals surface area contributed by atoms with Gasteiger partial charge >= 0.3 is 5.97 Å². The molecule has 0 aromatic heterocycles. The number of benzene rings is 1. The Morgan fingerprint density at radius 3 is 2.39 bits per heavy atom. The summed E-state index contributed by atoms with van der Waals surface area (Å²) in [6.45, 7) is 0.311. The molecule has 1 aromatic carbocycles. The van der Waals surface area contributed by atoms with Gasteiger partial charge in [0.1, 0.15) is 12.4 Å². The summed E-state index contributed by atoms with van der Waals surface area (Å²) in [6.07, 6.45) is 3.72. The van der Waals surface area contributed by atoms with E-state index in [-0.39, 0.29) is 6.42 Å². The molecular weight excluding hydrogens is 232 g/mol. The van der Waals surface area contributed by atoms with Crippen molar-refractivity contribution in [3.05, 3.63) is 29.8 Å². The molecule has 2 N–H and O–H groups in total. The molecule has 18 heavy (non-hydrogen) atoms. The van der Waals surface area contributed by atoms with Crippen LogP contribution in [0.2, 0.25) is 0 Å². The van der Waals surface area contributed by atoms with Gasteiger partial charge in [-0.3, -0.25) is 4.79 Å². The zero-order chi connectivity index (χ0) is 13.0. The Balaban J connectivity index is 1.88. The second-order valence-electron chi connectivity index (χ2n) is 4.93. The van der Waals surface area contributed by atoms with Crippen molar-refractivity contribution in [1.29, 1.82) is 0 Å². The molecule has 0 bridgehead atoms. The van der Waals surface area contributed by atoms with Crippen LogP contribution in [0.25, 0.3) is 0 Å². The Morgan fingerprint density at radius 2 is 1.83 bits per heavy atom. The Hall–Kier alpha value is -1.55. The van der Waals surface area contributed by atoms with Crippen molar-refractivity contribution in [1.82, 2.24) is 0 Å². The van der Waals surface area contributed by atoms with E-state index in [0.29, 0.717) is 12.4 Å². The SMILES string of the molecule is O=C(O)Cc1ccc(OCC2(O)CCCC2)cc1. The van der Waals surface area contributed by atoms with Crippen molar-refractivity contribution in [3.63, 3.8) is 0 Å². The Morgan fingerprint density at radius 1 is 1.22 bits per heavy atom. The van der Waals surface area contributed by atoms with E-state index >= 15 is 0 Å². The van der Waals surface area contributed by atoms with Gasteiger partial charge in [-0.2, -0.15) is 0 Å². The van der Waals surface area contributed by atoms with Crippen LogP contribution in [0.3, 0.4) is 0 Å². The van der Waals surface area contributed by atoms with Crippen LogP contribution in [0.15, 0.2) is 24.3 Å². The van der Waals surface area contributed by atoms with E-state index in [2.05, 4.69) is 0 Å². The van der Waals surface area contributed by atoms with Gasteiger partial charge in [0.2, 0.25) is 0 Å². The summed E-state index contributed by atoms with van der Waals surface area (Å²) in [4.78, 5) is 10.5. The van der Waals surface area contributed by atoms with Crippen LogP contribution in [0.5, 0.6) is 5.75 Å². The van der Waals surface area contributed by atoms with Crippen LogP contribution >= 0.6 is 0 Å². The number of carbonyl (C=O) groups is 1. The van der Waals surface area contributed by atoms with Gasteiger partial charge in [-0.05, 0) is 30.5 Å². The standard InChI is InChI=1S/C14H18O4/c15-13(16)9-11-3-5-12(6-4-11)18-10-14(17)7-1-2-8-14/h3-6,17H,1-2,7-10H2,(H,15,16). The first kappa shape index (κ1) is 12.9. The number of carboxylic acid groups (broad SMARTS) is 1. The molecule has 1 aromatic rings. The summed E-state index contributed by atoms with van der Waals surface area (Å²) >= 11 is 0. The highest BCUT2D eigenvalue weighted by Gasteiger charge is 2.31. The molecule has 1 aliphatic carbocycles. The molecule has 0 heterocycles. The Kier molecular flexibility index (Phi) is 3.87. The van der Waals surface area contributed by atoms with E-state index in [1.54, 1.807) is 24.3 Å². The largest absolute Gasteiger partial charge is 0.491 e. The molecule has 0 amide bonds. The van der Waals surface area contributed by atoms with Crippen molar-refractivity contribution in [3.8, 4) is 5.75 Å². The van der Waals surface area contributed by atoms with Gasteiger partial charge in [-0.25, -0.2) is 0 Å². The number of carboxylic acids is 1. The second kappa shape index (κ2) is 5.40. The van der Waals surface area contributed by atoms with Crippen molar-refractivity contribution < 1.29 is 19.7 Å². The quantitative estimate of drug-likeness (QED) is 0.838. The van der Waals surface area contributed by atoms with E-state index in [9.17, 15) is 9.90 Å². The maximum Gasteiger partial charge on any atom is 0.307 e. The Bertz CT molecular complexity index is 404. The fourth-order valence-electron chi connectivity index (χ4n) is 2.27. The second-order valence-corrected chi connectivity index (χ2v) is 4.93. The van der Waals surface area contributed by atoms with Gasteiger partial charge in [0.15, 0.2) is 0 Å². The predicted octanol–water partition coefficient (Wildman–Crippen LogP) is 2.00. The van der Waals surface area contributed by atoms with Gasteiger partial charge in [0.25, 0.3) is 0 Å². The van der Waals surface area contributed by atoms with E-state index in [1.807, 2.05) is 0 Å². The third kappa shape index (κ3) is 3.47. The van der Waals surface area contributed by atoms with Crippen molar-refractivity contribution >= 4 is 5.97 Å². The van der Waals surface area contributed by atoms with Crippen LogP contribution in [0.4, 0.5) is 0 Å². The molecule has 4 heteroatoms. The number of ether oxygens (including phenoxy) is 1. The number of rotatable bonds is 5. The lowest BCUT2D eigenvalue weighted by Crippen LogP contribution is -2.32. The summed E-state index contributed by atoms with van der Waals surface area (Å²) in [7, 11) is 0. The zero-order valence-corrected chi connectivity index (χ0v) is 10.3. The highest BCUT2D eigenvalue weighted by atomic mass is 16.5. The third-order valence-corrected chi connectivity index (χ3v) is 3.32. The minimum atomic E-state index is -0.844. The molecule has 1 aliphatic rings. The summed E-state index contributed by atoms with van der Waals surface area (Å²) in [6, 6.07) is 6.97. The lowest BCUT2D eigenvalue weighted by molar-refractivity contribution is -0.136. The van der Waals surface area contributed by atoms with Crippen molar-refractivity contribution in [2.24, 2.45) is 0 Å². The fourth-order valence-corrected chi connectivity index (χ4v) is 2.27. The van der Waals surface area contributed by atoms with Crippen molar-refractivity contribution in [2.45, 2.75) is 37.7 Å². The summed E-state index contributed by atoms with van der Waals surface area (Å²) < 4.78 is 5.56. The van der Waals surface area contributed by atoms with E-state index < -0.39 is 11.6 Å².